The molecule has 16 heavy (non-hydrogen) atoms. The SMILES string of the molecule is Cc1cc(F)c(-c2ccncc2C)cc1N. The van der Waals surface area contributed by atoms with E-state index in [2.05, 4.69) is 4.98 Å². The highest BCUT2D eigenvalue weighted by molar-refractivity contribution is 5.71. The lowest BCUT2D eigenvalue weighted by Crippen LogP contribution is -1.95. The molecule has 0 fully saturated rings. The molecule has 2 nitrogen and oxygen atoms in total. The van der Waals surface area contributed by atoms with Gasteiger partial charge in [0.1, 0.15) is 5.82 Å². The number of hydrogen-bond acceptors (Lipinski definition) is 2. The topological polar surface area (TPSA) is 38.9 Å². The number of rotatable bonds is 1. The van der Waals surface area contributed by atoms with Crippen LogP contribution in [-0.4, -0.2) is 4.98 Å². The van der Waals surface area contributed by atoms with E-state index in [0.717, 1.165) is 16.7 Å². The molecule has 1 aromatic heterocycles. The molecule has 0 saturated carbocycles. The summed E-state index contributed by atoms with van der Waals surface area (Å²) in [4.78, 5) is 3.99. The van der Waals surface area contributed by atoms with Crippen molar-refractivity contribution in [3.8, 4) is 11.1 Å². The van der Waals surface area contributed by atoms with E-state index in [9.17, 15) is 4.39 Å². The number of nitrogens with zero attached hydrogens (tertiary/aromatic N) is 1. The van der Waals surface area contributed by atoms with Gasteiger partial charge in [-0.1, -0.05) is 0 Å². The van der Waals surface area contributed by atoms with Crippen LogP contribution in [0.4, 0.5) is 10.1 Å². The first-order valence-corrected chi connectivity index (χ1v) is 5.06. The van der Waals surface area contributed by atoms with Crippen LogP contribution >= 0.6 is 0 Å². The van der Waals surface area contributed by atoms with E-state index in [4.69, 9.17) is 5.73 Å². The highest BCUT2D eigenvalue weighted by atomic mass is 19.1. The summed E-state index contributed by atoms with van der Waals surface area (Å²) >= 11 is 0. The van der Waals surface area contributed by atoms with Crippen LogP contribution in [0.5, 0.6) is 0 Å². The van der Waals surface area contributed by atoms with Gasteiger partial charge >= 0.3 is 0 Å². The number of anilines is 1. The number of nitrogens with two attached hydrogens (primary N) is 1. The number of benzene rings is 1. The van der Waals surface area contributed by atoms with Crippen molar-refractivity contribution in [1.29, 1.82) is 0 Å². The van der Waals surface area contributed by atoms with E-state index in [1.54, 1.807) is 31.5 Å². The van der Waals surface area contributed by atoms with Crippen molar-refractivity contribution in [2.75, 3.05) is 5.73 Å². The Morgan fingerprint density at radius 3 is 2.56 bits per heavy atom. The van der Waals surface area contributed by atoms with E-state index in [0.29, 0.717) is 11.3 Å². The van der Waals surface area contributed by atoms with Crippen LogP contribution in [0.3, 0.4) is 0 Å². The van der Waals surface area contributed by atoms with Gasteiger partial charge < -0.3 is 5.73 Å². The van der Waals surface area contributed by atoms with Crippen LogP contribution in [0.1, 0.15) is 11.1 Å². The molecule has 0 spiro atoms. The highest BCUT2D eigenvalue weighted by Gasteiger charge is 2.09. The largest absolute Gasteiger partial charge is 0.398 e. The monoisotopic (exact) mass is 216 g/mol. The Balaban J connectivity index is 2.65. The second-order valence-electron chi connectivity index (χ2n) is 3.88. The summed E-state index contributed by atoms with van der Waals surface area (Å²) in [7, 11) is 0. The number of pyridine rings is 1. The summed E-state index contributed by atoms with van der Waals surface area (Å²) in [5, 5.41) is 0. The first kappa shape index (κ1) is 10.6. The molecule has 0 atom stereocenters. The predicted octanol–water partition coefficient (Wildman–Crippen LogP) is 3.09. The van der Waals surface area contributed by atoms with Gasteiger partial charge in [-0.15, -0.1) is 0 Å². The molecule has 0 saturated heterocycles. The average molecular weight is 216 g/mol. The number of aryl methyl sites for hydroxylation is 2. The van der Waals surface area contributed by atoms with Crippen LogP contribution in [0.2, 0.25) is 0 Å². The van der Waals surface area contributed by atoms with Crippen molar-refractivity contribution >= 4 is 5.69 Å². The van der Waals surface area contributed by atoms with Gasteiger partial charge in [-0.3, -0.25) is 4.98 Å². The smallest absolute Gasteiger partial charge is 0.131 e. The molecule has 0 unspecified atom stereocenters. The zero-order valence-electron chi connectivity index (χ0n) is 9.29. The third-order valence-electron chi connectivity index (χ3n) is 2.67. The molecule has 0 aliphatic rings. The van der Waals surface area contributed by atoms with E-state index < -0.39 is 0 Å². The fourth-order valence-corrected chi connectivity index (χ4v) is 1.67. The van der Waals surface area contributed by atoms with Crippen molar-refractivity contribution < 1.29 is 4.39 Å². The van der Waals surface area contributed by atoms with Gasteiger partial charge in [-0.2, -0.15) is 0 Å². The Morgan fingerprint density at radius 1 is 1.12 bits per heavy atom. The lowest BCUT2D eigenvalue weighted by Gasteiger charge is -2.09. The molecular formula is C13H13FN2. The Labute approximate surface area is 93.9 Å². The fraction of sp³-hybridized carbons (Fsp3) is 0.154. The van der Waals surface area contributed by atoms with Crippen molar-refractivity contribution in [2.24, 2.45) is 0 Å². The summed E-state index contributed by atoms with van der Waals surface area (Å²) in [5.41, 5.74) is 9.45. The quantitative estimate of drug-likeness (QED) is 0.744. The molecule has 0 aliphatic carbocycles. The molecule has 2 aromatic rings. The molecule has 82 valence electrons. The maximum atomic E-state index is 13.8. The van der Waals surface area contributed by atoms with E-state index in [1.165, 1.54) is 6.07 Å². The minimum absolute atomic E-state index is 0.249. The van der Waals surface area contributed by atoms with Gasteiger partial charge in [0.05, 0.1) is 0 Å². The normalized spacial score (nSPS) is 10.4. The fourth-order valence-electron chi connectivity index (χ4n) is 1.67. The van der Waals surface area contributed by atoms with Crippen molar-refractivity contribution in [2.45, 2.75) is 13.8 Å². The Hall–Kier alpha value is -1.90. The minimum Gasteiger partial charge on any atom is -0.398 e. The lowest BCUT2D eigenvalue weighted by atomic mass is 10.00. The van der Waals surface area contributed by atoms with Gasteiger partial charge in [0.25, 0.3) is 0 Å². The molecule has 0 aliphatic heterocycles. The van der Waals surface area contributed by atoms with Crippen LogP contribution in [0.15, 0.2) is 30.6 Å². The van der Waals surface area contributed by atoms with Crippen molar-refractivity contribution in [3.63, 3.8) is 0 Å². The Bertz CT molecular complexity index is 535. The standard InChI is InChI=1S/C13H13FN2/c1-8-5-12(14)11(6-13(8)15)10-3-4-16-7-9(10)2/h3-7H,15H2,1-2H3. The second-order valence-corrected chi connectivity index (χ2v) is 3.88. The molecular weight excluding hydrogens is 203 g/mol. The Kier molecular flexibility index (Phi) is 2.60. The molecule has 2 rings (SSSR count). The van der Waals surface area contributed by atoms with Crippen molar-refractivity contribution in [1.82, 2.24) is 4.98 Å². The first-order valence-electron chi connectivity index (χ1n) is 5.06. The van der Waals surface area contributed by atoms with Gasteiger partial charge in [0.15, 0.2) is 0 Å². The van der Waals surface area contributed by atoms with E-state index in [1.807, 2.05) is 6.92 Å². The number of halogens is 1. The van der Waals surface area contributed by atoms with Gasteiger partial charge in [0, 0.05) is 23.6 Å². The lowest BCUT2D eigenvalue weighted by molar-refractivity contribution is 0.630. The third-order valence-corrected chi connectivity index (χ3v) is 2.67. The molecule has 0 amide bonds. The van der Waals surface area contributed by atoms with Crippen LogP contribution in [-0.2, 0) is 0 Å². The van der Waals surface area contributed by atoms with Crippen LogP contribution < -0.4 is 5.73 Å². The second kappa shape index (κ2) is 3.93. The zero-order valence-corrected chi connectivity index (χ0v) is 9.29. The molecule has 0 radical (unpaired) electrons. The average Bonchev–Trinajstić information content (AvgIpc) is 2.25. The maximum absolute atomic E-state index is 13.8. The molecule has 3 heteroatoms. The highest BCUT2D eigenvalue weighted by Crippen LogP contribution is 2.28. The molecule has 2 N–H and O–H groups in total. The number of aromatic nitrogens is 1. The Morgan fingerprint density at radius 2 is 1.88 bits per heavy atom. The van der Waals surface area contributed by atoms with Gasteiger partial charge in [-0.25, -0.2) is 4.39 Å². The summed E-state index contributed by atoms with van der Waals surface area (Å²) in [5.74, 6) is -0.249. The first-order chi connectivity index (χ1) is 7.59. The molecule has 1 heterocycles. The van der Waals surface area contributed by atoms with E-state index in [-0.39, 0.29) is 5.82 Å². The molecule has 1 aromatic carbocycles. The summed E-state index contributed by atoms with van der Waals surface area (Å²) < 4.78 is 13.8. The van der Waals surface area contributed by atoms with Crippen molar-refractivity contribution in [3.05, 3.63) is 47.5 Å². The molecule has 0 bridgehead atoms. The van der Waals surface area contributed by atoms with Gasteiger partial charge in [-0.05, 0) is 48.7 Å². The van der Waals surface area contributed by atoms with Crippen LogP contribution in [0, 0.1) is 19.7 Å². The summed E-state index contributed by atoms with van der Waals surface area (Å²) in [6.07, 6.45) is 3.36. The van der Waals surface area contributed by atoms with Gasteiger partial charge in [0.2, 0.25) is 0 Å². The number of nitrogen functional groups attached to an aromatic ring is 1. The van der Waals surface area contributed by atoms with Crippen LogP contribution in [0.25, 0.3) is 11.1 Å². The zero-order chi connectivity index (χ0) is 11.7. The predicted molar refractivity (Wildman–Crippen MR) is 63.5 cm³/mol. The minimum atomic E-state index is -0.249. The number of hydrogen-bond donors (Lipinski definition) is 1. The summed E-state index contributed by atoms with van der Waals surface area (Å²) in [6.45, 7) is 3.69. The summed E-state index contributed by atoms with van der Waals surface area (Å²) in [6, 6.07) is 4.93. The van der Waals surface area contributed by atoms with E-state index >= 15 is 0 Å². The maximum Gasteiger partial charge on any atom is 0.131 e. The third kappa shape index (κ3) is 1.76.